The van der Waals surface area contributed by atoms with Gasteiger partial charge in [0.1, 0.15) is 0 Å². The van der Waals surface area contributed by atoms with Gasteiger partial charge >= 0.3 is 0 Å². The molecule has 0 bridgehead atoms. The minimum atomic E-state index is 0.607. The molecule has 0 N–H and O–H groups in total. The maximum absolute atomic E-state index is 5.78. The van der Waals surface area contributed by atoms with E-state index in [9.17, 15) is 0 Å². The Morgan fingerprint density at radius 3 is 2.85 bits per heavy atom. The fraction of sp³-hybridized carbons (Fsp3) is 0.200. The molecule has 13 heavy (non-hydrogen) atoms. The van der Waals surface area contributed by atoms with Crippen molar-refractivity contribution in [3.8, 4) is 0 Å². The lowest BCUT2D eigenvalue weighted by Gasteiger charge is -1.96. The second kappa shape index (κ2) is 3.60. The third-order valence-corrected chi connectivity index (χ3v) is 4.38. The van der Waals surface area contributed by atoms with Crippen LogP contribution in [-0.4, -0.2) is 0 Å². The second-order valence-corrected chi connectivity index (χ2v) is 5.28. The number of hydrogen-bond donors (Lipinski definition) is 0. The van der Waals surface area contributed by atoms with E-state index in [1.807, 2.05) is 0 Å². The predicted molar refractivity (Wildman–Crippen MR) is 63.8 cm³/mol. The molecule has 0 spiro atoms. The summed E-state index contributed by atoms with van der Waals surface area (Å²) in [6, 6.07) is 6.50. The number of halogens is 2. The van der Waals surface area contributed by atoms with Crippen LogP contribution in [0.5, 0.6) is 0 Å². The molecular weight excluding hydrogens is 268 g/mol. The molecule has 0 aliphatic heterocycles. The lowest BCUT2D eigenvalue weighted by atomic mass is 10.2. The quantitative estimate of drug-likeness (QED) is 0.661. The molecule has 0 saturated heterocycles. The van der Waals surface area contributed by atoms with Gasteiger partial charge in [-0.1, -0.05) is 15.9 Å². The van der Waals surface area contributed by atoms with E-state index in [0.717, 1.165) is 0 Å². The third-order valence-electron chi connectivity index (χ3n) is 1.98. The third kappa shape index (κ3) is 1.76. The van der Waals surface area contributed by atoms with Gasteiger partial charge in [-0.25, -0.2) is 0 Å². The Morgan fingerprint density at radius 2 is 2.15 bits per heavy atom. The molecule has 0 unspecified atom stereocenters. The first-order valence-electron chi connectivity index (χ1n) is 3.95. The molecule has 68 valence electrons. The number of fused-ring (bicyclic) bond motifs is 1. The van der Waals surface area contributed by atoms with Crippen LogP contribution in [0.1, 0.15) is 10.4 Å². The highest BCUT2D eigenvalue weighted by molar-refractivity contribution is 9.10. The van der Waals surface area contributed by atoms with Crippen molar-refractivity contribution in [2.24, 2.45) is 0 Å². The van der Waals surface area contributed by atoms with Gasteiger partial charge < -0.3 is 0 Å². The Labute approximate surface area is 94.7 Å². The summed E-state index contributed by atoms with van der Waals surface area (Å²) < 4.78 is 2.47. The number of rotatable bonds is 1. The lowest BCUT2D eigenvalue weighted by Crippen LogP contribution is -1.72. The van der Waals surface area contributed by atoms with Crippen LogP contribution in [0.25, 0.3) is 10.1 Å². The van der Waals surface area contributed by atoms with Gasteiger partial charge in [-0.2, -0.15) is 0 Å². The highest BCUT2D eigenvalue weighted by Gasteiger charge is 2.03. The Kier molecular flexibility index (Phi) is 2.63. The van der Waals surface area contributed by atoms with Crippen molar-refractivity contribution in [1.82, 2.24) is 0 Å². The molecule has 0 saturated carbocycles. The monoisotopic (exact) mass is 274 g/mol. The Hall–Kier alpha value is -0.0500. The molecule has 1 aromatic heterocycles. The van der Waals surface area contributed by atoms with Crippen LogP contribution in [0.3, 0.4) is 0 Å². The second-order valence-electron chi connectivity index (χ2n) is 2.99. The van der Waals surface area contributed by atoms with Crippen molar-refractivity contribution < 1.29 is 0 Å². The van der Waals surface area contributed by atoms with Crippen LogP contribution in [0.2, 0.25) is 0 Å². The molecule has 2 rings (SSSR count). The summed E-state index contributed by atoms with van der Waals surface area (Å²) >= 11 is 11.1. The number of alkyl halides is 1. The molecule has 0 fully saturated rings. The van der Waals surface area contributed by atoms with Crippen LogP contribution in [-0.2, 0) is 5.88 Å². The fourth-order valence-corrected chi connectivity index (χ4v) is 2.97. The number of hydrogen-bond acceptors (Lipinski definition) is 1. The van der Waals surface area contributed by atoms with Crippen LogP contribution in [0.15, 0.2) is 22.7 Å². The number of aryl methyl sites for hydroxylation is 1. The van der Waals surface area contributed by atoms with Gasteiger partial charge in [-0.3, -0.25) is 0 Å². The Morgan fingerprint density at radius 1 is 1.38 bits per heavy atom. The molecule has 0 radical (unpaired) electrons. The summed E-state index contributed by atoms with van der Waals surface area (Å²) in [5.41, 5.74) is 1.27. The molecule has 1 heterocycles. The number of thiophene rings is 1. The van der Waals surface area contributed by atoms with Crippen LogP contribution in [0.4, 0.5) is 0 Å². The van der Waals surface area contributed by atoms with Crippen molar-refractivity contribution in [1.29, 1.82) is 0 Å². The van der Waals surface area contributed by atoms with E-state index < -0.39 is 0 Å². The first kappa shape index (κ1) is 9.50. The minimum absolute atomic E-state index is 0.607. The SMILES string of the molecule is Cc1cc2cc(CCl)sc2cc1Br. The van der Waals surface area contributed by atoms with E-state index in [-0.39, 0.29) is 0 Å². The zero-order chi connectivity index (χ0) is 9.42. The smallest absolute Gasteiger partial charge is 0.0568 e. The summed E-state index contributed by atoms with van der Waals surface area (Å²) in [4.78, 5) is 1.23. The number of benzene rings is 1. The van der Waals surface area contributed by atoms with Gasteiger partial charge in [0.05, 0.1) is 5.88 Å². The van der Waals surface area contributed by atoms with Gasteiger partial charge in [0.25, 0.3) is 0 Å². The van der Waals surface area contributed by atoms with Crippen molar-refractivity contribution in [3.05, 3.63) is 33.1 Å². The van der Waals surface area contributed by atoms with Crippen molar-refractivity contribution in [2.75, 3.05) is 0 Å². The fourth-order valence-electron chi connectivity index (χ4n) is 1.30. The summed E-state index contributed by atoms with van der Waals surface area (Å²) in [7, 11) is 0. The first-order valence-corrected chi connectivity index (χ1v) is 6.09. The van der Waals surface area contributed by atoms with E-state index in [1.54, 1.807) is 11.3 Å². The Balaban J connectivity index is 2.70. The molecule has 1 aromatic carbocycles. The molecule has 0 aliphatic carbocycles. The van der Waals surface area contributed by atoms with Gasteiger partial charge in [-0.05, 0) is 36.1 Å². The van der Waals surface area contributed by atoms with E-state index in [4.69, 9.17) is 11.6 Å². The van der Waals surface area contributed by atoms with Crippen molar-refractivity contribution in [3.63, 3.8) is 0 Å². The van der Waals surface area contributed by atoms with Crippen molar-refractivity contribution >= 4 is 49.0 Å². The molecular formula is C10H8BrClS. The zero-order valence-corrected chi connectivity index (χ0v) is 10.3. The zero-order valence-electron chi connectivity index (χ0n) is 7.10. The van der Waals surface area contributed by atoms with E-state index in [0.29, 0.717) is 5.88 Å². The molecule has 0 nitrogen and oxygen atoms in total. The summed E-state index contributed by atoms with van der Waals surface area (Å²) in [5, 5.41) is 1.29. The predicted octanol–water partition coefficient (Wildman–Crippen LogP) is 4.71. The highest BCUT2D eigenvalue weighted by Crippen LogP contribution is 2.31. The van der Waals surface area contributed by atoms with Gasteiger partial charge in [0.15, 0.2) is 0 Å². The van der Waals surface area contributed by atoms with Crippen molar-refractivity contribution in [2.45, 2.75) is 12.8 Å². The lowest BCUT2D eigenvalue weighted by molar-refractivity contribution is 1.47. The largest absolute Gasteiger partial charge is 0.139 e. The topological polar surface area (TPSA) is 0 Å². The summed E-state index contributed by atoms with van der Waals surface area (Å²) in [6.45, 7) is 2.10. The maximum atomic E-state index is 5.78. The summed E-state index contributed by atoms with van der Waals surface area (Å²) in [6.07, 6.45) is 0. The van der Waals surface area contributed by atoms with Crippen LogP contribution < -0.4 is 0 Å². The van der Waals surface area contributed by atoms with E-state index in [1.165, 1.54) is 25.0 Å². The van der Waals surface area contributed by atoms with Gasteiger partial charge in [0.2, 0.25) is 0 Å². The van der Waals surface area contributed by atoms with Gasteiger partial charge in [-0.15, -0.1) is 22.9 Å². The maximum Gasteiger partial charge on any atom is 0.0568 e. The normalized spacial score (nSPS) is 11.0. The van der Waals surface area contributed by atoms with E-state index in [2.05, 4.69) is 41.1 Å². The minimum Gasteiger partial charge on any atom is -0.139 e. The average Bonchev–Trinajstić information content (AvgIpc) is 2.48. The van der Waals surface area contributed by atoms with Gasteiger partial charge in [0, 0.05) is 14.0 Å². The molecule has 0 aliphatic rings. The van der Waals surface area contributed by atoms with Crippen LogP contribution >= 0.6 is 38.9 Å². The van der Waals surface area contributed by atoms with Crippen LogP contribution in [0, 0.1) is 6.92 Å². The average molecular weight is 276 g/mol. The standard InChI is InChI=1S/C10H8BrClS/c1-6-2-7-3-8(5-12)13-10(7)4-9(6)11/h2-4H,5H2,1H3. The summed E-state index contributed by atoms with van der Waals surface area (Å²) in [5.74, 6) is 0.607. The highest BCUT2D eigenvalue weighted by atomic mass is 79.9. The molecule has 0 atom stereocenters. The Bertz CT molecular complexity index is 408. The molecule has 2 aromatic rings. The first-order chi connectivity index (χ1) is 6.20. The van der Waals surface area contributed by atoms with E-state index >= 15 is 0 Å². The molecule has 0 amide bonds. The molecule has 3 heteroatoms.